The lowest BCUT2D eigenvalue weighted by Crippen LogP contribution is -2.54. The second-order valence-electron chi connectivity index (χ2n) is 5.69. The molecule has 0 aliphatic carbocycles. The van der Waals surface area contributed by atoms with E-state index >= 15 is 0 Å². The molecule has 1 aromatic carbocycles. The highest BCUT2D eigenvalue weighted by Gasteiger charge is 2.28. The first-order valence-electron chi connectivity index (χ1n) is 7.03. The van der Waals surface area contributed by atoms with Crippen molar-refractivity contribution in [1.82, 2.24) is 10.2 Å². The number of hydrogen-bond donors (Lipinski definition) is 1. The summed E-state index contributed by atoms with van der Waals surface area (Å²) in [6.07, 6.45) is 0.720. The number of benzene rings is 1. The maximum absolute atomic E-state index is 12.4. The second kappa shape index (κ2) is 7.17. The standard InChI is InChI=1S/C14H17Cl2N3O3S/c1-8(2)6-12(17)13-18-19-14(22-13)23(20,21)7-9-10(15)4-3-5-11(9)16/h3-5,8,12H,6-7,17H2,1-2H3/p+1/t12-/m0/s1. The summed E-state index contributed by atoms with van der Waals surface area (Å²) in [4.78, 5) is 0. The first kappa shape index (κ1) is 18.2. The number of nitrogens with zero attached hydrogens (tertiary/aromatic N) is 2. The monoisotopic (exact) mass is 378 g/mol. The van der Waals surface area contributed by atoms with Gasteiger partial charge in [-0.05, 0) is 18.1 Å². The minimum atomic E-state index is -3.84. The number of sulfone groups is 1. The summed E-state index contributed by atoms with van der Waals surface area (Å²) in [7, 11) is -3.84. The van der Waals surface area contributed by atoms with Crippen LogP contribution in [0, 0.1) is 5.92 Å². The van der Waals surface area contributed by atoms with Crippen molar-refractivity contribution in [1.29, 1.82) is 0 Å². The lowest BCUT2D eigenvalue weighted by Gasteiger charge is -2.06. The van der Waals surface area contributed by atoms with Gasteiger partial charge in [-0.1, -0.05) is 48.2 Å². The van der Waals surface area contributed by atoms with E-state index in [-0.39, 0.29) is 22.0 Å². The largest absolute Gasteiger partial charge is 0.406 e. The molecule has 0 aliphatic heterocycles. The van der Waals surface area contributed by atoms with Crippen molar-refractivity contribution in [3.05, 3.63) is 39.7 Å². The Labute approximate surface area is 144 Å². The van der Waals surface area contributed by atoms with Crippen LogP contribution in [0.25, 0.3) is 0 Å². The molecule has 1 heterocycles. The maximum atomic E-state index is 12.4. The van der Waals surface area contributed by atoms with Crippen LogP contribution in [0.1, 0.15) is 37.8 Å². The predicted molar refractivity (Wildman–Crippen MR) is 86.7 cm³/mol. The van der Waals surface area contributed by atoms with Gasteiger partial charge in [0.15, 0.2) is 6.04 Å². The van der Waals surface area contributed by atoms with Crippen LogP contribution in [0.3, 0.4) is 0 Å². The lowest BCUT2D eigenvalue weighted by atomic mass is 10.1. The SMILES string of the molecule is CC(C)C[C@H]([NH3+])c1nnc(S(=O)(=O)Cc2c(Cl)cccc2Cl)o1. The normalized spacial score (nSPS) is 13.5. The van der Waals surface area contributed by atoms with Gasteiger partial charge in [0, 0.05) is 22.0 Å². The van der Waals surface area contributed by atoms with Gasteiger partial charge < -0.3 is 10.2 Å². The Kier molecular flexibility index (Phi) is 5.67. The summed E-state index contributed by atoms with van der Waals surface area (Å²) < 4.78 is 30.2. The molecule has 23 heavy (non-hydrogen) atoms. The van der Waals surface area contributed by atoms with E-state index in [1.807, 2.05) is 13.8 Å². The average molecular weight is 379 g/mol. The van der Waals surface area contributed by atoms with Gasteiger partial charge in [0.2, 0.25) is 9.84 Å². The first-order valence-corrected chi connectivity index (χ1v) is 9.43. The first-order chi connectivity index (χ1) is 10.7. The molecule has 0 unspecified atom stereocenters. The fraction of sp³-hybridized carbons (Fsp3) is 0.429. The molecule has 2 rings (SSSR count). The maximum Gasteiger partial charge on any atom is 0.336 e. The summed E-state index contributed by atoms with van der Waals surface area (Å²) >= 11 is 12.0. The van der Waals surface area contributed by atoms with E-state index in [2.05, 4.69) is 15.9 Å². The molecule has 0 amide bonds. The Bertz CT molecular complexity index is 770. The third-order valence-corrected chi connectivity index (χ3v) is 5.26. The molecular weight excluding hydrogens is 361 g/mol. The molecule has 0 spiro atoms. The molecular formula is C14H18Cl2N3O3S+. The molecule has 6 nitrogen and oxygen atoms in total. The average Bonchev–Trinajstić information content (AvgIpc) is 2.93. The Hall–Kier alpha value is -1.15. The molecule has 0 bridgehead atoms. The zero-order valence-electron chi connectivity index (χ0n) is 12.8. The van der Waals surface area contributed by atoms with Gasteiger partial charge in [0.05, 0.1) is 5.75 Å². The Balaban J connectivity index is 2.26. The van der Waals surface area contributed by atoms with Crippen molar-refractivity contribution in [2.75, 3.05) is 0 Å². The number of aromatic nitrogens is 2. The van der Waals surface area contributed by atoms with Crippen molar-refractivity contribution in [2.45, 2.75) is 37.3 Å². The quantitative estimate of drug-likeness (QED) is 0.832. The molecule has 0 radical (unpaired) electrons. The zero-order valence-corrected chi connectivity index (χ0v) is 15.1. The Morgan fingerprint density at radius 2 is 1.83 bits per heavy atom. The lowest BCUT2D eigenvalue weighted by molar-refractivity contribution is -0.435. The van der Waals surface area contributed by atoms with Gasteiger partial charge >= 0.3 is 5.22 Å². The molecule has 126 valence electrons. The Morgan fingerprint density at radius 3 is 2.39 bits per heavy atom. The summed E-state index contributed by atoms with van der Waals surface area (Å²) in [5.74, 6) is 0.188. The number of quaternary nitrogens is 1. The molecule has 0 aliphatic rings. The van der Waals surface area contributed by atoms with E-state index in [1.165, 1.54) is 0 Å². The number of rotatable bonds is 6. The number of halogens is 2. The van der Waals surface area contributed by atoms with Crippen molar-refractivity contribution in [2.24, 2.45) is 5.92 Å². The third kappa shape index (κ3) is 4.44. The van der Waals surface area contributed by atoms with E-state index in [0.29, 0.717) is 11.5 Å². The highest BCUT2D eigenvalue weighted by molar-refractivity contribution is 7.90. The molecule has 0 saturated carbocycles. The molecule has 9 heteroatoms. The van der Waals surface area contributed by atoms with Gasteiger partial charge in [0.1, 0.15) is 0 Å². The van der Waals surface area contributed by atoms with Crippen LogP contribution in [0.2, 0.25) is 10.0 Å². The third-order valence-electron chi connectivity index (χ3n) is 3.19. The van der Waals surface area contributed by atoms with Gasteiger partial charge in [-0.15, -0.1) is 5.10 Å². The van der Waals surface area contributed by atoms with Gasteiger partial charge in [-0.3, -0.25) is 0 Å². The van der Waals surface area contributed by atoms with Crippen molar-refractivity contribution in [3.63, 3.8) is 0 Å². The minimum Gasteiger partial charge on any atom is -0.406 e. The van der Waals surface area contributed by atoms with Gasteiger partial charge in [-0.2, -0.15) is 0 Å². The van der Waals surface area contributed by atoms with Crippen molar-refractivity contribution >= 4 is 33.0 Å². The molecule has 0 saturated heterocycles. The van der Waals surface area contributed by atoms with Crippen LogP contribution >= 0.6 is 23.2 Å². The summed E-state index contributed by atoms with van der Waals surface area (Å²) in [5, 5.41) is 7.54. The summed E-state index contributed by atoms with van der Waals surface area (Å²) in [6, 6.07) is 4.54. The van der Waals surface area contributed by atoms with Crippen LogP contribution < -0.4 is 5.73 Å². The topological polar surface area (TPSA) is 101 Å². The van der Waals surface area contributed by atoms with E-state index < -0.39 is 20.8 Å². The molecule has 1 aromatic heterocycles. The van der Waals surface area contributed by atoms with Crippen LogP contribution in [0.4, 0.5) is 0 Å². The zero-order chi connectivity index (χ0) is 17.2. The van der Waals surface area contributed by atoms with Crippen LogP contribution in [0.5, 0.6) is 0 Å². The van der Waals surface area contributed by atoms with Crippen molar-refractivity contribution in [3.8, 4) is 0 Å². The molecule has 2 aromatic rings. The smallest absolute Gasteiger partial charge is 0.336 e. The fourth-order valence-corrected chi connectivity index (χ4v) is 3.98. The summed E-state index contributed by atoms with van der Waals surface area (Å²) in [5.41, 5.74) is 4.23. The van der Waals surface area contributed by atoms with Crippen LogP contribution in [0.15, 0.2) is 27.8 Å². The van der Waals surface area contributed by atoms with E-state index in [0.717, 1.165) is 6.42 Å². The van der Waals surface area contributed by atoms with Crippen LogP contribution in [-0.2, 0) is 15.6 Å². The van der Waals surface area contributed by atoms with Crippen molar-refractivity contribution < 1.29 is 18.6 Å². The highest BCUT2D eigenvalue weighted by Crippen LogP contribution is 2.28. The van der Waals surface area contributed by atoms with Crippen LogP contribution in [-0.4, -0.2) is 18.6 Å². The van der Waals surface area contributed by atoms with Gasteiger partial charge in [-0.25, -0.2) is 8.42 Å². The fourth-order valence-electron chi connectivity index (χ4n) is 2.10. The second-order valence-corrected chi connectivity index (χ2v) is 8.37. The van der Waals surface area contributed by atoms with Gasteiger partial charge in [0.25, 0.3) is 5.89 Å². The number of hydrogen-bond acceptors (Lipinski definition) is 5. The predicted octanol–water partition coefficient (Wildman–Crippen LogP) is 2.68. The van der Waals surface area contributed by atoms with E-state index in [9.17, 15) is 8.42 Å². The molecule has 0 fully saturated rings. The highest BCUT2D eigenvalue weighted by atomic mass is 35.5. The summed E-state index contributed by atoms with van der Waals surface area (Å²) in [6.45, 7) is 4.07. The minimum absolute atomic E-state index is 0.211. The van der Waals surface area contributed by atoms with E-state index in [4.69, 9.17) is 27.6 Å². The Morgan fingerprint density at radius 1 is 1.22 bits per heavy atom. The molecule has 1 atom stereocenters. The molecule has 3 N–H and O–H groups in total. The van der Waals surface area contributed by atoms with E-state index in [1.54, 1.807) is 18.2 Å².